The predicted octanol–water partition coefficient (Wildman–Crippen LogP) is 1.49. The third kappa shape index (κ3) is 6.94. The maximum atomic E-state index is 11.4. The molecule has 4 nitrogen and oxygen atoms in total. The standard InChI is InChI=1S/C11H21NO3/c1-8(2)15-9(13)6-7-12-10(14)11(3,4)5/h8H,6-7H2,1-5H3,(H,12,14). The van der Waals surface area contributed by atoms with Gasteiger partial charge in [0.1, 0.15) is 0 Å². The summed E-state index contributed by atoms with van der Waals surface area (Å²) in [6, 6.07) is 0. The van der Waals surface area contributed by atoms with E-state index in [-0.39, 0.29) is 24.4 Å². The van der Waals surface area contributed by atoms with Crippen molar-refractivity contribution in [1.82, 2.24) is 5.32 Å². The minimum absolute atomic E-state index is 0.0557. The lowest BCUT2D eigenvalue weighted by atomic mass is 9.96. The van der Waals surface area contributed by atoms with Crippen molar-refractivity contribution in [3.05, 3.63) is 0 Å². The molecular formula is C11H21NO3. The molecule has 0 radical (unpaired) electrons. The van der Waals surface area contributed by atoms with Crippen LogP contribution in [-0.2, 0) is 14.3 Å². The van der Waals surface area contributed by atoms with E-state index in [4.69, 9.17) is 4.74 Å². The van der Waals surface area contributed by atoms with Gasteiger partial charge in [-0.1, -0.05) is 20.8 Å². The molecule has 15 heavy (non-hydrogen) atoms. The SMILES string of the molecule is CC(C)OC(=O)CCNC(=O)C(C)(C)C. The molecule has 0 bridgehead atoms. The van der Waals surface area contributed by atoms with Crippen molar-refractivity contribution in [3.63, 3.8) is 0 Å². The Hall–Kier alpha value is -1.06. The van der Waals surface area contributed by atoms with Crippen molar-refractivity contribution < 1.29 is 14.3 Å². The van der Waals surface area contributed by atoms with Crippen molar-refractivity contribution >= 4 is 11.9 Å². The second-order valence-electron chi connectivity index (χ2n) is 4.79. The van der Waals surface area contributed by atoms with Crippen LogP contribution in [0.2, 0.25) is 0 Å². The van der Waals surface area contributed by atoms with E-state index in [2.05, 4.69) is 5.32 Å². The topological polar surface area (TPSA) is 55.4 Å². The Morgan fingerprint density at radius 1 is 1.27 bits per heavy atom. The molecule has 0 aromatic carbocycles. The zero-order chi connectivity index (χ0) is 12.1. The van der Waals surface area contributed by atoms with E-state index >= 15 is 0 Å². The summed E-state index contributed by atoms with van der Waals surface area (Å²) in [5, 5.41) is 2.69. The van der Waals surface area contributed by atoms with Crippen molar-refractivity contribution in [2.75, 3.05) is 6.54 Å². The Balaban J connectivity index is 3.72. The number of amides is 1. The van der Waals surface area contributed by atoms with Crippen LogP contribution in [0.1, 0.15) is 41.0 Å². The molecular weight excluding hydrogens is 194 g/mol. The van der Waals surface area contributed by atoms with Crippen molar-refractivity contribution in [2.24, 2.45) is 5.41 Å². The van der Waals surface area contributed by atoms with Crippen molar-refractivity contribution in [2.45, 2.75) is 47.1 Å². The van der Waals surface area contributed by atoms with Gasteiger partial charge in [-0.05, 0) is 13.8 Å². The van der Waals surface area contributed by atoms with E-state index in [0.29, 0.717) is 6.54 Å². The second-order valence-corrected chi connectivity index (χ2v) is 4.79. The van der Waals surface area contributed by atoms with E-state index < -0.39 is 5.41 Å². The highest BCUT2D eigenvalue weighted by Gasteiger charge is 2.20. The minimum Gasteiger partial charge on any atom is -0.463 e. The summed E-state index contributed by atoms with van der Waals surface area (Å²) in [4.78, 5) is 22.5. The Morgan fingerprint density at radius 2 is 1.80 bits per heavy atom. The van der Waals surface area contributed by atoms with E-state index in [1.165, 1.54) is 0 Å². The zero-order valence-electron chi connectivity index (χ0n) is 10.2. The highest BCUT2D eigenvalue weighted by molar-refractivity contribution is 5.81. The van der Waals surface area contributed by atoms with Crippen LogP contribution >= 0.6 is 0 Å². The molecule has 0 spiro atoms. The van der Waals surface area contributed by atoms with Gasteiger partial charge in [-0.15, -0.1) is 0 Å². The molecule has 0 saturated carbocycles. The lowest BCUT2D eigenvalue weighted by Crippen LogP contribution is -2.36. The first-order valence-electron chi connectivity index (χ1n) is 5.21. The summed E-state index contributed by atoms with van der Waals surface area (Å²) in [6.07, 6.45) is 0.121. The number of ether oxygens (including phenoxy) is 1. The molecule has 0 aliphatic carbocycles. The Morgan fingerprint density at radius 3 is 2.20 bits per heavy atom. The molecule has 4 heteroatoms. The van der Waals surface area contributed by atoms with Gasteiger partial charge in [0.2, 0.25) is 5.91 Å². The zero-order valence-corrected chi connectivity index (χ0v) is 10.2. The fourth-order valence-electron chi connectivity index (χ4n) is 0.865. The smallest absolute Gasteiger partial charge is 0.307 e. The van der Waals surface area contributed by atoms with Gasteiger partial charge in [0.15, 0.2) is 0 Å². The van der Waals surface area contributed by atoms with Crippen LogP contribution < -0.4 is 5.32 Å². The monoisotopic (exact) mass is 215 g/mol. The number of carbonyl (C=O) groups excluding carboxylic acids is 2. The average Bonchev–Trinajstić information content (AvgIpc) is 2.00. The number of nitrogens with one attached hydrogen (secondary N) is 1. The van der Waals surface area contributed by atoms with Gasteiger partial charge in [-0.2, -0.15) is 0 Å². The van der Waals surface area contributed by atoms with Crippen LogP contribution in [0, 0.1) is 5.41 Å². The first-order chi connectivity index (χ1) is 6.73. The Kier molecular flexibility index (Phi) is 5.33. The molecule has 88 valence electrons. The maximum absolute atomic E-state index is 11.4. The minimum atomic E-state index is -0.415. The largest absolute Gasteiger partial charge is 0.463 e. The normalized spacial score (nSPS) is 11.3. The van der Waals surface area contributed by atoms with Crippen LogP contribution in [0.4, 0.5) is 0 Å². The molecule has 0 heterocycles. The molecule has 0 atom stereocenters. The van der Waals surface area contributed by atoms with Crippen molar-refractivity contribution in [1.29, 1.82) is 0 Å². The third-order valence-corrected chi connectivity index (χ3v) is 1.66. The van der Waals surface area contributed by atoms with Gasteiger partial charge < -0.3 is 10.1 Å². The molecule has 0 aromatic heterocycles. The average molecular weight is 215 g/mol. The summed E-state index contributed by atoms with van der Waals surface area (Å²) in [5.41, 5.74) is -0.415. The lowest BCUT2D eigenvalue weighted by molar-refractivity contribution is -0.147. The van der Waals surface area contributed by atoms with Crippen LogP contribution in [-0.4, -0.2) is 24.5 Å². The molecule has 0 aromatic rings. The van der Waals surface area contributed by atoms with Gasteiger partial charge in [-0.25, -0.2) is 0 Å². The van der Waals surface area contributed by atoms with E-state index in [0.717, 1.165) is 0 Å². The molecule has 0 unspecified atom stereocenters. The van der Waals surface area contributed by atoms with Crippen LogP contribution in [0.5, 0.6) is 0 Å². The summed E-state index contributed by atoms with van der Waals surface area (Å²) < 4.78 is 4.93. The van der Waals surface area contributed by atoms with Gasteiger partial charge in [0.25, 0.3) is 0 Å². The fourth-order valence-corrected chi connectivity index (χ4v) is 0.865. The van der Waals surface area contributed by atoms with Crippen LogP contribution in [0.3, 0.4) is 0 Å². The summed E-state index contributed by atoms with van der Waals surface area (Å²) in [7, 11) is 0. The second kappa shape index (κ2) is 5.73. The number of esters is 1. The Labute approximate surface area is 91.4 Å². The lowest BCUT2D eigenvalue weighted by Gasteiger charge is -2.17. The van der Waals surface area contributed by atoms with Gasteiger partial charge in [0, 0.05) is 12.0 Å². The number of carbonyl (C=O) groups is 2. The van der Waals surface area contributed by atoms with Gasteiger partial charge >= 0.3 is 5.97 Å². The van der Waals surface area contributed by atoms with Crippen molar-refractivity contribution in [3.8, 4) is 0 Å². The first kappa shape index (κ1) is 13.9. The van der Waals surface area contributed by atoms with E-state index in [1.807, 2.05) is 20.8 Å². The molecule has 1 N–H and O–H groups in total. The molecule has 0 aliphatic rings. The molecule has 0 saturated heterocycles. The molecule has 0 rings (SSSR count). The van der Waals surface area contributed by atoms with E-state index in [1.54, 1.807) is 13.8 Å². The summed E-state index contributed by atoms with van der Waals surface area (Å²) in [6.45, 7) is 9.41. The molecule has 0 fully saturated rings. The van der Waals surface area contributed by atoms with Crippen LogP contribution in [0.15, 0.2) is 0 Å². The van der Waals surface area contributed by atoms with E-state index in [9.17, 15) is 9.59 Å². The fraction of sp³-hybridized carbons (Fsp3) is 0.818. The first-order valence-corrected chi connectivity index (χ1v) is 5.21. The number of hydrogen-bond acceptors (Lipinski definition) is 3. The molecule has 1 amide bonds. The van der Waals surface area contributed by atoms with Crippen LogP contribution in [0.25, 0.3) is 0 Å². The number of hydrogen-bond donors (Lipinski definition) is 1. The Bertz CT molecular complexity index is 228. The molecule has 0 aliphatic heterocycles. The highest BCUT2D eigenvalue weighted by Crippen LogP contribution is 2.12. The van der Waals surface area contributed by atoms with Gasteiger partial charge in [-0.3, -0.25) is 9.59 Å². The summed E-state index contributed by atoms with van der Waals surface area (Å²) in [5.74, 6) is -0.334. The highest BCUT2D eigenvalue weighted by atomic mass is 16.5. The quantitative estimate of drug-likeness (QED) is 0.723. The number of rotatable bonds is 4. The third-order valence-electron chi connectivity index (χ3n) is 1.66. The maximum Gasteiger partial charge on any atom is 0.307 e. The summed E-state index contributed by atoms with van der Waals surface area (Å²) >= 11 is 0. The predicted molar refractivity (Wildman–Crippen MR) is 58.3 cm³/mol. The van der Waals surface area contributed by atoms with Gasteiger partial charge in [0.05, 0.1) is 12.5 Å².